The molecule has 0 saturated heterocycles. The molecule has 0 aliphatic carbocycles. The molecule has 0 aliphatic heterocycles. The van der Waals surface area contributed by atoms with Crippen LogP contribution in [-0.4, -0.2) is 36.4 Å². The lowest BCUT2D eigenvalue weighted by Gasteiger charge is -2.15. The topological polar surface area (TPSA) is 99.9 Å². The fraction of sp³-hybridized carbons (Fsp3) is 0.389. The van der Waals surface area contributed by atoms with Crippen molar-refractivity contribution in [2.75, 3.05) is 12.4 Å². The van der Waals surface area contributed by atoms with Gasteiger partial charge >= 0.3 is 5.97 Å². The summed E-state index contributed by atoms with van der Waals surface area (Å²) < 4.78 is 20.9. The second kappa shape index (κ2) is 8.37. The van der Waals surface area contributed by atoms with Crippen LogP contribution in [0.15, 0.2) is 28.8 Å². The molecule has 1 aromatic carbocycles. The molecule has 0 aliphatic rings. The molecule has 1 aromatic heterocycles. The van der Waals surface area contributed by atoms with Crippen LogP contribution in [0.3, 0.4) is 0 Å². The van der Waals surface area contributed by atoms with Crippen molar-refractivity contribution < 1.29 is 28.3 Å². The van der Waals surface area contributed by atoms with E-state index in [1.165, 1.54) is 20.1 Å². The molecule has 1 atom stereocenters. The molecule has 0 fully saturated rings. The number of carbonyl (C=O) groups is 2. The summed E-state index contributed by atoms with van der Waals surface area (Å²) in [4.78, 5) is 24.4. The number of nitrogens with zero attached hydrogens (tertiary/aromatic N) is 1. The first-order valence-corrected chi connectivity index (χ1v) is 8.10. The number of anilines is 1. The number of nitrogens with one attached hydrogen (secondary N) is 1. The Morgan fingerprint density at radius 1 is 1.15 bits per heavy atom. The molecule has 26 heavy (non-hydrogen) atoms. The highest BCUT2D eigenvalue weighted by molar-refractivity contribution is 5.97. The van der Waals surface area contributed by atoms with Crippen molar-refractivity contribution in [1.82, 2.24) is 5.16 Å². The van der Waals surface area contributed by atoms with Gasteiger partial charge in [-0.25, -0.2) is 4.79 Å². The molecule has 1 unspecified atom stereocenters. The van der Waals surface area contributed by atoms with E-state index in [0.29, 0.717) is 17.3 Å². The summed E-state index contributed by atoms with van der Waals surface area (Å²) in [6, 6.07) is 6.24. The van der Waals surface area contributed by atoms with E-state index in [1.807, 2.05) is 13.8 Å². The van der Waals surface area contributed by atoms with E-state index in [9.17, 15) is 9.59 Å². The normalized spacial score (nSPS) is 11.8. The molecule has 0 saturated carbocycles. The van der Waals surface area contributed by atoms with Crippen molar-refractivity contribution in [2.24, 2.45) is 0 Å². The van der Waals surface area contributed by atoms with E-state index < -0.39 is 18.0 Å². The summed E-state index contributed by atoms with van der Waals surface area (Å²) in [6.45, 7) is 6.94. The number of ether oxygens (including phenoxy) is 3. The lowest BCUT2D eigenvalue weighted by Crippen LogP contribution is -2.30. The smallest absolute Gasteiger partial charge is 0.339 e. The zero-order chi connectivity index (χ0) is 19.3. The Morgan fingerprint density at radius 2 is 1.88 bits per heavy atom. The third-order valence-corrected chi connectivity index (χ3v) is 3.29. The predicted molar refractivity (Wildman–Crippen MR) is 93.5 cm³/mol. The first-order valence-electron chi connectivity index (χ1n) is 8.10. The maximum Gasteiger partial charge on any atom is 0.339 e. The second-order valence-electron chi connectivity index (χ2n) is 5.89. The van der Waals surface area contributed by atoms with Gasteiger partial charge in [-0.1, -0.05) is 5.16 Å². The van der Waals surface area contributed by atoms with Crippen LogP contribution < -0.4 is 14.8 Å². The number of hydrogen-bond acceptors (Lipinski definition) is 7. The largest absolute Gasteiger partial charge is 0.493 e. The van der Waals surface area contributed by atoms with E-state index in [0.717, 1.165) is 0 Å². The van der Waals surface area contributed by atoms with Crippen LogP contribution in [0.1, 0.15) is 36.9 Å². The molecule has 1 amide bonds. The van der Waals surface area contributed by atoms with Gasteiger partial charge in [-0.3, -0.25) is 4.79 Å². The van der Waals surface area contributed by atoms with Crippen LogP contribution in [0.2, 0.25) is 0 Å². The van der Waals surface area contributed by atoms with Gasteiger partial charge in [-0.05, 0) is 45.9 Å². The number of carbonyl (C=O) groups excluding carboxylic acids is 2. The molecule has 0 spiro atoms. The third-order valence-electron chi connectivity index (χ3n) is 3.29. The molecule has 0 radical (unpaired) electrons. The number of rotatable bonds is 7. The number of hydrogen-bond donors (Lipinski definition) is 1. The van der Waals surface area contributed by atoms with Crippen LogP contribution in [0, 0.1) is 6.92 Å². The molecule has 1 N–H and O–H groups in total. The Morgan fingerprint density at radius 3 is 2.46 bits per heavy atom. The maximum absolute atomic E-state index is 12.3. The van der Waals surface area contributed by atoms with Crippen molar-refractivity contribution in [3.63, 3.8) is 0 Å². The summed E-state index contributed by atoms with van der Waals surface area (Å²) in [7, 11) is 1.48. The van der Waals surface area contributed by atoms with Crippen molar-refractivity contribution in [1.29, 1.82) is 0 Å². The van der Waals surface area contributed by atoms with Gasteiger partial charge < -0.3 is 24.1 Å². The third kappa shape index (κ3) is 4.98. The van der Waals surface area contributed by atoms with E-state index in [1.54, 1.807) is 25.1 Å². The minimum absolute atomic E-state index is 0.0365. The average Bonchev–Trinajstić information content (AvgIpc) is 2.99. The van der Waals surface area contributed by atoms with Gasteiger partial charge in [0.05, 0.1) is 18.8 Å². The van der Waals surface area contributed by atoms with Crippen LogP contribution in [0.25, 0.3) is 0 Å². The average molecular weight is 362 g/mol. The molecule has 8 heteroatoms. The lowest BCUT2D eigenvalue weighted by atomic mass is 10.2. The number of amides is 1. The molecule has 2 aromatic rings. The summed E-state index contributed by atoms with van der Waals surface area (Å²) in [5.41, 5.74) is 0.245. The SMILES string of the molecule is COc1cc(C(=O)OC(C)C(=O)Nc2cc(C)on2)ccc1OC(C)C. The number of aryl methyl sites for hydroxylation is 1. The number of benzene rings is 1. The van der Waals surface area contributed by atoms with Gasteiger partial charge in [0.25, 0.3) is 5.91 Å². The fourth-order valence-corrected chi connectivity index (χ4v) is 2.08. The van der Waals surface area contributed by atoms with Crippen LogP contribution in [0.5, 0.6) is 11.5 Å². The summed E-state index contributed by atoms with van der Waals surface area (Å²) in [6.07, 6.45) is -1.05. The maximum atomic E-state index is 12.3. The van der Waals surface area contributed by atoms with Gasteiger partial charge in [-0.2, -0.15) is 0 Å². The Kier molecular flexibility index (Phi) is 6.21. The van der Waals surface area contributed by atoms with Crippen LogP contribution >= 0.6 is 0 Å². The zero-order valence-corrected chi connectivity index (χ0v) is 15.4. The first kappa shape index (κ1) is 19.3. The van der Waals surface area contributed by atoms with E-state index in [-0.39, 0.29) is 17.5 Å². The minimum Gasteiger partial charge on any atom is -0.493 e. The number of esters is 1. The zero-order valence-electron chi connectivity index (χ0n) is 15.4. The number of methoxy groups -OCH3 is 1. The van der Waals surface area contributed by atoms with E-state index in [2.05, 4.69) is 10.5 Å². The van der Waals surface area contributed by atoms with Crippen molar-refractivity contribution >= 4 is 17.7 Å². The van der Waals surface area contributed by atoms with Crippen LogP contribution in [-0.2, 0) is 9.53 Å². The predicted octanol–water partition coefficient (Wildman–Crippen LogP) is 2.96. The second-order valence-corrected chi connectivity index (χ2v) is 5.89. The van der Waals surface area contributed by atoms with Gasteiger partial charge in [0, 0.05) is 6.07 Å². The molecule has 140 valence electrons. The van der Waals surface area contributed by atoms with E-state index in [4.69, 9.17) is 18.7 Å². The van der Waals surface area contributed by atoms with Crippen LogP contribution in [0.4, 0.5) is 5.82 Å². The molecule has 0 bridgehead atoms. The van der Waals surface area contributed by atoms with Gasteiger partial charge in [-0.15, -0.1) is 0 Å². The lowest BCUT2D eigenvalue weighted by molar-refractivity contribution is -0.123. The summed E-state index contributed by atoms with van der Waals surface area (Å²) >= 11 is 0. The molecule has 8 nitrogen and oxygen atoms in total. The highest BCUT2D eigenvalue weighted by Crippen LogP contribution is 2.29. The highest BCUT2D eigenvalue weighted by Gasteiger charge is 2.21. The molecule has 2 rings (SSSR count). The Balaban J connectivity index is 2.02. The van der Waals surface area contributed by atoms with Gasteiger partial charge in [0.2, 0.25) is 0 Å². The van der Waals surface area contributed by atoms with Crippen molar-refractivity contribution in [2.45, 2.75) is 39.9 Å². The fourth-order valence-electron chi connectivity index (χ4n) is 2.08. The van der Waals surface area contributed by atoms with Gasteiger partial charge in [0.1, 0.15) is 5.76 Å². The summed E-state index contributed by atoms with van der Waals surface area (Å²) in [5, 5.41) is 6.16. The quantitative estimate of drug-likeness (QED) is 0.756. The highest BCUT2D eigenvalue weighted by atomic mass is 16.5. The van der Waals surface area contributed by atoms with Gasteiger partial charge in [0.15, 0.2) is 23.4 Å². The molecular formula is C18H22N2O6. The number of aromatic nitrogens is 1. The first-order chi connectivity index (χ1) is 12.3. The van der Waals surface area contributed by atoms with Crippen molar-refractivity contribution in [3.05, 3.63) is 35.6 Å². The standard InChI is InChI=1S/C18H22N2O6/c1-10(2)24-14-7-6-13(9-15(14)23-5)18(22)25-12(4)17(21)19-16-8-11(3)26-20-16/h6-10,12H,1-5H3,(H,19,20,21). The Bertz CT molecular complexity index is 784. The Hall–Kier alpha value is -3.03. The molecule has 1 heterocycles. The minimum atomic E-state index is -1.02. The monoisotopic (exact) mass is 362 g/mol. The van der Waals surface area contributed by atoms with E-state index >= 15 is 0 Å². The van der Waals surface area contributed by atoms with Crippen molar-refractivity contribution in [3.8, 4) is 11.5 Å². The Labute approximate surface area is 151 Å². The summed E-state index contributed by atoms with van der Waals surface area (Å²) in [5.74, 6) is 0.569. The molecular weight excluding hydrogens is 340 g/mol.